The lowest BCUT2D eigenvalue weighted by molar-refractivity contribution is 0.277. The Balaban J connectivity index is 2.35. The molecule has 0 aliphatic heterocycles. The third kappa shape index (κ3) is 4.05. The smallest absolute Gasteiger partial charge is 0.417 e. The molecule has 0 saturated carbocycles. The third-order valence-electron chi connectivity index (χ3n) is 2.07. The predicted octanol–water partition coefficient (Wildman–Crippen LogP) is 0.490. The van der Waals surface area contributed by atoms with Gasteiger partial charge in [0, 0.05) is 13.0 Å². The van der Waals surface area contributed by atoms with Crippen LogP contribution in [0.15, 0.2) is 0 Å². The zero-order valence-electron chi connectivity index (χ0n) is 8.85. The van der Waals surface area contributed by atoms with Crippen LogP contribution in [0.25, 0.3) is 0 Å². The van der Waals surface area contributed by atoms with Crippen LogP contribution in [-0.2, 0) is 22.5 Å². The maximum Gasteiger partial charge on any atom is 0.417 e. The highest BCUT2D eigenvalue weighted by Gasteiger charge is 2.05. The quantitative estimate of drug-likeness (QED) is 0.585. The molecule has 0 N–H and O–H groups in total. The Kier molecular flexibility index (Phi) is 5.35. The lowest BCUT2D eigenvalue weighted by Gasteiger charge is -2.02. The number of aryl methyl sites for hydroxylation is 1. The van der Waals surface area contributed by atoms with Gasteiger partial charge in [-0.15, -0.1) is 5.10 Å². The molecule has 1 radical (unpaired) electrons. The van der Waals surface area contributed by atoms with Gasteiger partial charge in [-0.05, 0) is 16.8 Å². The van der Waals surface area contributed by atoms with E-state index in [1.807, 2.05) is 0 Å². The standard InChI is InChI=1S/C9H15N4O2/c1-2-3-4-6-13-9(10-11-12-13)5-7-15-8-14/h2-7H2,1H3. The predicted molar refractivity (Wildman–Crippen MR) is 52.7 cm³/mol. The molecule has 6 nitrogen and oxygen atoms in total. The third-order valence-corrected chi connectivity index (χ3v) is 2.07. The first-order valence-electron chi connectivity index (χ1n) is 5.12. The topological polar surface area (TPSA) is 69.9 Å². The van der Waals surface area contributed by atoms with Crippen LogP contribution in [0.5, 0.6) is 0 Å². The summed E-state index contributed by atoms with van der Waals surface area (Å²) >= 11 is 0. The fourth-order valence-corrected chi connectivity index (χ4v) is 1.27. The van der Waals surface area contributed by atoms with Gasteiger partial charge >= 0.3 is 6.47 Å². The normalized spacial score (nSPS) is 10.2. The van der Waals surface area contributed by atoms with Crippen molar-refractivity contribution in [2.45, 2.75) is 39.2 Å². The van der Waals surface area contributed by atoms with E-state index in [9.17, 15) is 4.79 Å². The van der Waals surface area contributed by atoms with Crippen LogP contribution in [0.2, 0.25) is 0 Å². The maximum absolute atomic E-state index is 9.82. The molecule has 1 rings (SSSR count). The average molecular weight is 211 g/mol. The Labute approximate surface area is 88.6 Å². The zero-order valence-corrected chi connectivity index (χ0v) is 8.85. The summed E-state index contributed by atoms with van der Waals surface area (Å²) in [5, 5.41) is 11.3. The summed E-state index contributed by atoms with van der Waals surface area (Å²) in [6.07, 6.45) is 3.93. The lowest BCUT2D eigenvalue weighted by Crippen LogP contribution is -2.08. The van der Waals surface area contributed by atoms with E-state index >= 15 is 0 Å². The van der Waals surface area contributed by atoms with Gasteiger partial charge in [-0.2, -0.15) is 0 Å². The van der Waals surface area contributed by atoms with E-state index in [1.165, 1.54) is 12.9 Å². The van der Waals surface area contributed by atoms with Gasteiger partial charge in [0.2, 0.25) is 0 Å². The molecule has 0 aromatic carbocycles. The molecule has 1 aromatic rings. The Morgan fingerprint density at radius 1 is 1.47 bits per heavy atom. The highest BCUT2D eigenvalue weighted by molar-refractivity contribution is 5.38. The molecule has 0 aliphatic rings. The van der Waals surface area contributed by atoms with Gasteiger partial charge in [0.25, 0.3) is 0 Å². The maximum atomic E-state index is 9.82. The van der Waals surface area contributed by atoms with E-state index in [4.69, 9.17) is 0 Å². The fourth-order valence-electron chi connectivity index (χ4n) is 1.27. The number of hydrogen-bond acceptors (Lipinski definition) is 5. The number of unbranched alkanes of at least 4 members (excludes halogenated alkanes) is 2. The number of ether oxygens (including phenoxy) is 1. The van der Waals surface area contributed by atoms with Crippen LogP contribution in [0.1, 0.15) is 32.0 Å². The van der Waals surface area contributed by atoms with Crippen LogP contribution >= 0.6 is 0 Å². The van der Waals surface area contributed by atoms with E-state index < -0.39 is 0 Å². The lowest BCUT2D eigenvalue weighted by atomic mass is 10.2. The van der Waals surface area contributed by atoms with Crippen LogP contribution in [0.4, 0.5) is 0 Å². The Morgan fingerprint density at radius 3 is 3.07 bits per heavy atom. The molecule has 0 fully saturated rings. The summed E-state index contributed by atoms with van der Waals surface area (Å²) in [5.41, 5.74) is 0. The number of carbonyl (C=O) groups excluding carboxylic acids is 1. The first kappa shape index (κ1) is 11.6. The number of nitrogens with zero attached hydrogens (tertiary/aromatic N) is 4. The number of rotatable bonds is 8. The summed E-state index contributed by atoms with van der Waals surface area (Å²) in [4.78, 5) is 9.82. The minimum atomic E-state index is 0.275. The van der Waals surface area contributed by atoms with Crippen molar-refractivity contribution in [3.8, 4) is 0 Å². The molecular weight excluding hydrogens is 196 g/mol. The van der Waals surface area contributed by atoms with Gasteiger partial charge in [0.05, 0.1) is 6.61 Å². The van der Waals surface area contributed by atoms with Crippen molar-refractivity contribution >= 4 is 6.47 Å². The van der Waals surface area contributed by atoms with Gasteiger partial charge < -0.3 is 4.74 Å². The molecule has 0 atom stereocenters. The molecule has 83 valence electrons. The molecule has 0 unspecified atom stereocenters. The van der Waals surface area contributed by atoms with Crippen molar-refractivity contribution in [1.82, 2.24) is 20.2 Å². The van der Waals surface area contributed by atoms with Gasteiger partial charge in [0.1, 0.15) is 0 Å². The van der Waals surface area contributed by atoms with E-state index in [1.54, 1.807) is 4.68 Å². The molecular formula is C9H15N4O2. The minimum absolute atomic E-state index is 0.275. The summed E-state index contributed by atoms with van der Waals surface area (Å²) < 4.78 is 6.23. The van der Waals surface area contributed by atoms with Gasteiger partial charge in [-0.1, -0.05) is 19.8 Å². The van der Waals surface area contributed by atoms with E-state index in [-0.39, 0.29) is 6.61 Å². The molecule has 0 saturated heterocycles. The van der Waals surface area contributed by atoms with Crippen LogP contribution in [0.3, 0.4) is 0 Å². The van der Waals surface area contributed by atoms with Crippen molar-refractivity contribution in [3.05, 3.63) is 5.82 Å². The highest BCUT2D eigenvalue weighted by Crippen LogP contribution is 2.00. The fraction of sp³-hybridized carbons (Fsp3) is 0.778. The first-order chi connectivity index (χ1) is 7.38. The van der Waals surface area contributed by atoms with E-state index in [0.29, 0.717) is 6.42 Å². The van der Waals surface area contributed by atoms with Gasteiger partial charge in [-0.3, -0.25) is 0 Å². The Bertz CT molecular complexity index is 287. The first-order valence-corrected chi connectivity index (χ1v) is 5.12. The molecule has 0 spiro atoms. The summed E-state index contributed by atoms with van der Waals surface area (Å²) in [6, 6.07) is 0. The van der Waals surface area contributed by atoms with Crippen molar-refractivity contribution < 1.29 is 9.53 Å². The zero-order chi connectivity index (χ0) is 10.9. The van der Waals surface area contributed by atoms with Crippen LogP contribution in [-0.4, -0.2) is 33.3 Å². The van der Waals surface area contributed by atoms with Crippen molar-refractivity contribution in [3.63, 3.8) is 0 Å². The monoisotopic (exact) mass is 211 g/mol. The highest BCUT2D eigenvalue weighted by atomic mass is 16.5. The van der Waals surface area contributed by atoms with Gasteiger partial charge in [-0.25, -0.2) is 9.48 Å². The molecule has 0 amide bonds. The minimum Gasteiger partial charge on any atom is -0.457 e. The molecule has 0 bridgehead atoms. The summed E-state index contributed by atoms with van der Waals surface area (Å²) in [6.45, 7) is 4.62. The number of hydrogen-bond donors (Lipinski definition) is 0. The van der Waals surface area contributed by atoms with Crippen molar-refractivity contribution in [1.29, 1.82) is 0 Å². The van der Waals surface area contributed by atoms with E-state index in [2.05, 4.69) is 27.2 Å². The summed E-state index contributed by atoms with van der Waals surface area (Å²) in [7, 11) is 0. The number of tetrazole rings is 1. The molecule has 6 heteroatoms. The molecule has 1 heterocycles. The summed E-state index contributed by atoms with van der Waals surface area (Å²) in [5.74, 6) is 0.751. The van der Waals surface area contributed by atoms with Crippen LogP contribution < -0.4 is 0 Å². The second kappa shape index (κ2) is 6.92. The number of aromatic nitrogens is 4. The van der Waals surface area contributed by atoms with E-state index in [0.717, 1.165) is 25.2 Å². The Hall–Kier alpha value is -1.46. The van der Waals surface area contributed by atoms with Crippen molar-refractivity contribution in [2.75, 3.05) is 6.61 Å². The van der Waals surface area contributed by atoms with Crippen LogP contribution in [0, 0.1) is 0 Å². The van der Waals surface area contributed by atoms with Gasteiger partial charge in [0.15, 0.2) is 5.82 Å². The second-order valence-corrected chi connectivity index (χ2v) is 3.21. The largest absolute Gasteiger partial charge is 0.457 e. The molecule has 0 aliphatic carbocycles. The molecule has 1 aromatic heterocycles. The average Bonchev–Trinajstić information content (AvgIpc) is 2.67. The molecule has 15 heavy (non-hydrogen) atoms. The Morgan fingerprint density at radius 2 is 2.33 bits per heavy atom. The SMILES string of the molecule is CCCCCn1nnnc1CCO[C]=O. The second-order valence-electron chi connectivity index (χ2n) is 3.21. The van der Waals surface area contributed by atoms with Crippen molar-refractivity contribution in [2.24, 2.45) is 0 Å².